The minimum Gasteiger partial charge on any atom is -0.481 e. The number of carboxylic acids is 1. The van der Waals surface area contributed by atoms with Crippen LogP contribution in [0.15, 0.2) is 17.5 Å². The predicted octanol–water partition coefficient (Wildman–Crippen LogP) is 0.943. The molecular formula is C11H13NO5S. The molecule has 0 aliphatic rings. The molecule has 1 amide bonds. The number of hydrogen-bond acceptors (Lipinski definition) is 5. The van der Waals surface area contributed by atoms with E-state index in [1.807, 2.05) is 5.38 Å². The lowest BCUT2D eigenvalue weighted by Gasteiger charge is -2.15. The number of ether oxygens (including phenoxy) is 1. The van der Waals surface area contributed by atoms with Crippen molar-refractivity contribution in [3.8, 4) is 0 Å². The zero-order valence-electron chi connectivity index (χ0n) is 9.71. The number of methoxy groups -OCH3 is 1. The van der Waals surface area contributed by atoms with Crippen LogP contribution in [-0.2, 0) is 19.1 Å². The molecule has 1 atom stereocenters. The quantitative estimate of drug-likeness (QED) is 0.593. The normalized spacial score (nSPS) is 11.6. The van der Waals surface area contributed by atoms with Gasteiger partial charge in [-0.1, -0.05) is 6.07 Å². The van der Waals surface area contributed by atoms with Crippen molar-refractivity contribution in [3.05, 3.63) is 22.4 Å². The molecule has 0 fully saturated rings. The average molecular weight is 271 g/mol. The Morgan fingerprint density at radius 1 is 1.50 bits per heavy atom. The van der Waals surface area contributed by atoms with E-state index in [1.165, 1.54) is 18.4 Å². The molecule has 1 unspecified atom stereocenters. The first kappa shape index (κ1) is 14.2. The average Bonchev–Trinajstić information content (AvgIpc) is 2.80. The number of hydrogen-bond donors (Lipinski definition) is 2. The van der Waals surface area contributed by atoms with Crippen LogP contribution in [0.2, 0.25) is 0 Å². The van der Waals surface area contributed by atoms with E-state index in [0.29, 0.717) is 0 Å². The highest BCUT2D eigenvalue weighted by atomic mass is 32.1. The van der Waals surface area contributed by atoms with Crippen molar-refractivity contribution in [2.45, 2.75) is 18.9 Å². The van der Waals surface area contributed by atoms with Gasteiger partial charge in [-0.05, 0) is 11.4 Å². The van der Waals surface area contributed by atoms with Gasteiger partial charge in [-0.3, -0.25) is 14.4 Å². The highest BCUT2D eigenvalue weighted by Gasteiger charge is 2.20. The Hall–Kier alpha value is -1.89. The van der Waals surface area contributed by atoms with Crippen LogP contribution >= 0.6 is 11.3 Å². The molecule has 18 heavy (non-hydrogen) atoms. The van der Waals surface area contributed by atoms with Crippen LogP contribution in [0.25, 0.3) is 0 Å². The molecule has 0 radical (unpaired) electrons. The lowest BCUT2D eigenvalue weighted by molar-refractivity contribution is -0.141. The molecule has 0 aromatic carbocycles. The summed E-state index contributed by atoms with van der Waals surface area (Å²) in [5.41, 5.74) is 0. The Kier molecular flexibility index (Phi) is 5.31. The van der Waals surface area contributed by atoms with Crippen molar-refractivity contribution < 1.29 is 24.2 Å². The first-order chi connectivity index (χ1) is 8.52. The molecule has 0 aliphatic carbocycles. The number of carbonyl (C=O) groups excluding carboxylic acids is 2. The molecule has 1 aromatic heterocycles. The van der Waals surface area contributed by atoms with E-state index in [2.05, 4.69) is 10.1 Å². The minimum atomic E-state index is -1.21. The molecule has 1 heterocycles. The smallest absolute Gasteiger partial charge is 0.312 e. The summed E-state index contributed by atoms with van der Waals surface area (Å²) in [6, 6.07) is 3.00. The van der Waals surface area contributed by atoms with Gasteiger partial charge in [0, 0.05) is 4.88 Å². The summed E-state index contributed by atoms with van der Waals surface area (Å²) in [5.74, 6) is -2.32. The number of carbonyl (C=O) groups is 3. The van der Waals surface area contributed by atoms with Crippen LogP contribution in [0.1, 0.15) is 23.8 Å². The largest absolute Gasteiger partial charge is 0.481 e. The fourth-order valence-corrected chi connectivity index (χ4v) is 2.12. The van der Waals surface area contributed by atoms with Gasteiger partial charge in [0.05, 0.1) is 19.6 Å². The fraction of sp³-hybridized carbons (Fsp3) is 0.364. The van der Waals surface area contributed by atoms with E-state index in [9.17, 15) is 14.4 Å². The van der Waals surface area contributed by atoms with Crippen molar-refractivity contribution in [1.82, 2.24) is 5.32 Å². The lowest BCUT2D eigenvalue weighted by Crippen LogP contribution is -2.31. The molecule has 0 saturated carbocycles. The fourth-order valence-electron chi connectivity index (χ4n) is 1.35. The molecule has 0 aliphatic heterocycles. The van der Waals surface area contributed by atoms with Gasteiger partial charge in [0.25, 0.3) is 0 Å². The molecule has 1 aromatic rings. The maximum Gasteiger partial charge on any atom is 0.312 e. The summed E-state index contributed by atoms with van der Waals surface area (Å²) in [5, 5.41) is 12.8. The highest BCUT2D eigenvalue weighted by Crippen LogP contribution is 2.22. The zero-order chi connectivity index (χ0) is 13.5. The van der Waals surface area contributed by atoms with Gasteiger partial charge >= 0.3 is 11.9 Å². The molecule has 98 valence electrons. The molecular weight excluding hydrogens is 258 g/mol. The highest BCUT2D eigenvalue weighted by molar-refractivity contribution is 7.10. The number of amides is 1. The van der Waals surface area contributed by atoms with Crippen molar-refractivity contribution in [2.24, 2.45) is 0 Å². The molecule has 6 nitrogen and oxygen atoms in total. The zero-order valence-corrected chi connectivity index (χ0v) is 10.5. The Labute approximate surface area is 108 Å². The van der Waals surface area contributed by atoms with Crippen molar-refractivity contribution in [2.75, 3.05) is 7.11 Å². The standard InChI is InChI=1S/C11H13NO5S/c1-17-11(16)5-7(8-3-2-4-18-8)12-9(13)6-10(14)15/h2-4,7H,5-6H2,1H3,(H,12,13)(H,14,15). The van der Waals surface area contributed by atoms with E-state index >= 15 is 0 Å². The van der Waals surface area contributed by atoms with E-state index < -0.39 is 30.3 Å². The van der Waals surface area contributed by atoms with Gasteiger partial charge in [0.2, 0.25) is 5.91 Å². The third-order valence-corrected chi connectivity index (χ3v) is 3.12. The van der Waals surface area contributed by atoms with Gasteiger partial charge in [-0.15, -0.1) is 11.3 Å². The van der Waals surface area contributed by atoms with Gasteiger partial charge in [-0.25, -0.2) is 0 Å². The number of nitrogens with one attached hydrogen (secondary N) is 1. The summed E-state index contributed by atoms with van der Waals surface area (Å²) in [6.07, 6.45) is -0.647. The topological polar surface area (TPSA) is 92.7 Å². The summed E-state index contributed by atoms with van der Waals surface area (Å²) in [6.45, 7) is 0. The van der Waals surface area contributed by atoms with E-state index in [4.69, 9.17) is 5.11 Å². The third kappa shape index (κ3) is 4.54. The number of rotatable bonds is 6. The number of esters is 1. The van der Waals surface area contributed by atoms with E-state index in [0.717, 1.165) is 4.88 Å². The minimum absolute atomic E-state index is 0.0254. The molecule has 7 heteroatoms. The second-order valence-electron chi connectivity index (χ2n) is 3.49. The van der Waals surface area contributed by atoms with E-state index in [-0.39, 0.29) is 6.42 Å². The van der Waals surface area contributed by atoms with Gasteiger partial charge in [0.15, 0.2) is 0 Å². The second kappa shape index (κ2) is 6.75. The predicted molar refractivity (Wildman–Crippen MR) is 64.1 cm³/mol. The van der Waals surface area contributed by atoms with Crippen LogP contribution in [0, 0.1) is 0 Å². The van der Waals surface area contributed by atoms with Crippen LogP contribution in [0.5, 0.6) is 0 Å². The third-order valence-electron chi connectivity index (χ3n) is 2.13. The maximum absolute atomic E-state index is 11.4. The SMILES string of the molecule is COC(=O)CC(NC(=O)CC(=O)O)c1cccs1. The lowest BCUT2D eigenvalue weighted by atomic mass is 10.1. The summed E-state index contributed by atoms with van der Waals surface area (Å²) in [4.78, 5) is 33.8. The van der Waals surface area contributed by atoms with E-state index in [1.54, 1.807) is 12.1 Å². The molecule has 0 spiro atoms. The number of aliphatic carboxylic acids is 1. The Balaban J connectivity index is 2.69. The molecule has 0 saturated heterocycles. The Bertz CT molecular complexity index is 429. The Morgan fingerprint density at radius 3 is 2.72 bits per heavy atom. The molecule has 2 N–H and O–H groups in total. The van der Waals surface area contributed by atoms with Gasteiger partial charge in [0.1, 0.15) is 6.42 Å². The first-order valence-electron chi connectivity index (χ1n) is 5.14. The summed E-state index contributed by atoms with van der Waals surface area (Å²) >= 11 is 1.37. The van der Waals surface area contributed by atoms with Crippen LogP contribution in [0.4, 0.5) is 0 Å². The second-order valence-corrected chi connectivity index (χ2v) is 4.47. The maximum atomic E-state index is 11.4. The van der Waals surface area contributed by atoms with Crippen molar-refractivity contribution in [1.29, 1.82) is 0 Å². The number of carboxylic acid groups (broad SMARTS) is 1. The molecule has 0 bridgehead atoms. The summed E-state index contributed by atoms with van der Waals surface area (Å²) < 4.78 is 4.54. The van der Waals surface area contributed by atoms with Crippen molar-refractivity contribution in [3.63, 3.8) is 0 Å². The number of thiophene rings is 1. The monoisotopic (exact) mass is 271 g/mol. The van der Waals surface area contributed by atoms with Crippen molar-refractivity contribution >= 4 is 29.2 Å². The van der Waals surface area contributed by atoms with Crippen LogP contribution in [-0.4, -0.2) is 30.1 Å². The van der Waals surface area contributed by atoms with Gasteiger partial charge < -0.3 is 15.2 Å². The van der Waals surface area contributed by atoms with Gasteiger partial charge in [-0.2, -0.15) is 0 Å². The summed E-state index contributed by atoms with van der Waals surface area (Å²) in [7, 11) is 1.26. The first-order valence-corrected chi connectivity index (χ1v) is 6.02. The van der Waals surface area contributed by atoms with Crippen LogP contribution in [0.3, 0.4) is 0 Å². The Morgan fingerprint density at radius 2 is 2.22 bits per heavy atom. The van der Waals surface area contributed by atoms with Crippen LogP contribution < -0.4 is 5.32 Å². The molecule has 1 rings (SSSR count).